The molecule has 0 fully saturated rings. The summed E-state index contributed by atoms with van der Waals surface area (Å²) in [4.78, 5) is 35.4. The summed E-state index contributed by atoms with van der Waals surface area (Å²) in [5.41, 5.74) is -1.88. The summed E-state index contributed by atoms with van der Waals surface area (Å²) < 4.78 is 0. The first-order valence-corrected chi connectivity index (χ1v) is 9.54. The maximum Gasteiger partial charge on any atom is 0.249 e. The van der Waals surface area contributed by atoms with Crippen LogP contribution in [0.25, 0.3) is 0 Å². The average molecular weight is 405 g/mol. The van der Waals surface area contributed by atoms with E-state index in [-0.39, 0.29) is 44.9 Å². The summed E-state index contributed by atoms with van der Waals surface area (Å²) in [6.07, 6.45) is -1.30. The Morgan fingerprint density at radius 3 is 1.36 bits per heavy atom. The van der Waals surface area contributed by atoms with Crippen LogP contribution in [0.3, 0.4) is 0 Å². The van der Waals surface area contributed by atoms with Crippen LogP contribution in [0, 0.1) is 10.8 Å². The van der Waals surface area contributed by atoms with Crippen LogP contribution in [-0.2, 0) is 14.4 Å². The Morgan fingerprint density at radius 2 is 1.07 bits per heavy atom. The highest BCUT2D eigenvalue weighted by Crippen LogP contribution is 2.20. The van der Waals surface area contributed by atoms with Crippen molar-refractivity contribution in [2.24, 2.45) is 10.8 Å². The van der Waals surface area contributed by atoms with Gasteiger partial charge in [0.25, 0.3) is 0 Å². The van der Waals surface area contributed by atoms with Gasteiger partial charge in [-0.3, -0.25) is 14.4 Å². The third-order valence-corrected chi connectivity index (χ3v) is 4.66. The van der Waals surface area contributed by atoms with Gasteiger partial charge in [-0.25, -0.2) is 0 Å². The van der Waals surface area contributed by atoms with Gasteiger partial charge in [-0.2, -0.15) is 0 Å². The average Bonchev–Trinajstić information content (AvgIpc) is 2.66. The molecule has 0 spiro atoms. The molecule has 28 heavy (non-hydrogen) atoms. The van der Waals surface area contributed by atoms with E-state index in [0.29, 0.717) is 12.8 Å². The van der Waals surface area contributed by atoms with Crippen LogP contribution < -0.4 is 10.6 Å². The lowest BCUT2D eigenvalue weighted by Gasteiger charge is -2.27. The largest absolute Gasteiger partial charge is 0.396 e. The van der Waals surface area contributed by atoms with Crippen LogP contribution in [0.1, 0.15) is 53.4 Å². The molecule has 9 heteroatoms. The topological polar surface area (TPSA) is 156 Å². The van der Waals surface area contributed by atoms with E-state index in [2.05, 4.69) is 10.6 Å². The van der Waals surface area contributed by atoms with Crippen molar-refractivity contribution >= 4 is 17.6 Å². The number of carbonyl (C=O) groups excluding carboxylic acids is 3. The lowest BCUT2D eigenvalue weighted by molar-refractivity contribution is -0.137. The summed E-state index contributed by atoms with van der Waals surface area (Å²) in [6, 6.07) is 0. The van der Waals surface area contributed by atoms with Crippen LogP contribution in [0.15, 0.2) is 0 Å². The molecule has 0 saturated carbocycles. The Labute approximate surface area is 166 Å². The molecule has 0 aliphatic heterocycles. The molecule has 0 aliphatic rings. The number of aliphatic hydroxyl groups excluding tert-OH is 4. The van der Waals surface area contributed by atoms with Crippen molar-refractivity contribution in [1.82, 2.24) is 10.6 Å². The SMILES string of the molecule is CC(C)(CO)C(O)C(=O)NCCCC(=O)CCCNC(=O)C(O)C(C)(C)CO. The summed E-state index contributed by atoms with van der Waals surface area (Å²) in [7, 11) is 0. The van der Waals surface area contributed by atoms with Gasteiger partial charge in [0.05, 0.1) is 13.2 Å². The number of hydrogen-bond donors (Lipinski definition) is 6. The number of rotatable bonds is 14. The summed E-state index contributed by atoms with van der Waals surface area (Å²) in [5, 5.41) is 43.0. The van der Waals surface area contributed by atoms with Gasteiger partial charge in [-0.05, 0) is 12.8 Å². The molecule has 0 aromatic heterocycles. The van der Waals surface area contributed by atoms with E-state index in [1.165, 1.54) is 0 Å². The van der Waals surface area contributed by atoms with Crippen LogP contribution in [0.5, 0.6) is 0 Å². The van der Waals surface area contributed by atoms with E-state index < -0.39 is 34.9 Å². The van der Waals surface area contributed by atoms with Gasteiger partial charge >= 0.3 is 0 Å². The molecule has 0 aromatic carbocycles. The van der Waals surface area contributed by atoms with Gasteiger partial charge < -0.3 is 31.1 Å². The molecule has 164 valence electrons. The van der Waals surface area contributed by atoms with Crippen molar-refractivity contribution < 1.29 is 34.8 Å². The molecule has 0 heterocycles. The minimum atomic E-state index is -1.33. The second kappa shape index (κ2) is 12.1. The zero-order valence-corrected chi connectivity index (χ0v) is 17.3. The van der Waals surface area contributed by atoms with Crippen LogP contribution >= 0.6 is 0 Å². The van der Waals surface area contributed by atoms with E-state index in [0.717, 1.165) is 0 Å². The number of ketones is 1. The third-order valence-electron chi connectivity index (χ3n) is 4.66. The Balaban J connectivity index is 3.95. The van der Waals surface area contributed by atoms with Crippen molar-refractivity contribution in [2.75, 3.05) is 26.3 Å². The minimum Gasteiger partial charge on any atom is -0.396 e. The Morgan fingerprint density at radius 1 is 0.750 bits per heavy atom. The molecule has 6 N–H and O–H groups in total. The summed E-state index contributed by atoms with van der Waals surface area (Å²) >= 11 is 0. The fourth-order valence-corrected chi connectivity index (χ4v) is 2.20. The maximum absolute atomic E-state index is 11.8. The highest BCUT2D eigenvalue weighted by Gasteiger charge is 2.33. The highest BCUT2D eigenvalue weighted by molar-refractivity contribution is 5.82. The minimum absolute atomic E-state index is 0.0176. The van der Waals surface area contributed by atoms with Gasteiger partial charge in [-0.1, -0.05) is 27.7 Å². The lowest BCUT2D eigenvalue weighted by atomic mass is 9.87. The van der Waals surface area contributed by atoms with E-state index in [9.17, 15) is 24.6 Å². The van der Waals surface area contributed by atoms with Crippen LogP contribution in [0.2, 0.25) is 0 Å². The maximum atomic E-state index is 11.8. The molecule has 0 rings (SSSR count). The van der Waals surface area contributed by atoms with Gasteiger partial charge in [-0.15, -0.1) is 0 Å². The standard InChI is InChI=1S/C19H36N2O7/c1-18(2,11-22)14(25)16(27)20-9-5-7-13(24)8-6-10-21-17(28)15(26)19(3,4)12-23/h14-15,22-23,25-26H,5-12H2,1-4H3,(H,20,27)(H,21,28). The van der Waals surface area contributed by atoms with Crippen molar-refractivity contribution in [1.29, 1.82) is 0 Å². The molecule has 0 saturated heterocycles. The molecule has 2 atom stereocenters. The molecule has 0 aliphatic carbocycles. The van der Waals surface area contributed by atoms with Crippen molar-refractivity contribution in [3.63, 3.8) is 0 Å². The third kappa shape index (κ3) is 9.09. The number of aliphatic hydroxyl groups is 4. The van der Waals surface area contributed by atoms with Gasteiger partial charge in [0.2, 0.25) is 11.8 Å². The van der Waals surface area contributed by atoms with Gasteiger partial charge in [0, 0.05) is 36.8 Å². The fourth-order valence-electron chi connectivity index (χ4n) is 2.20. The Kier molecular flexibility index (Phi) is 11.4. The number of amides is 2. The molecule has 9 nitrogen and oxygen atoms in total. The quantitative estimate of drug-likeness (QED) is 0.205. The monoisotopic (exact) mass is 404 g/mol. The molecular formula is C19H36N2O7. The molecule has 2 unspecified atom stereocenters. The lowest BCUT2D eigenvalue weighted by Crippen LogP contribution is -2.45. The number of hydrogen-bond acceptors (Lipinski definition) is 7. The van der Waals surface area contributed by atoms with E-state index in [1.807, 2.05) is 0 Å². The van der Waals surface area contributed by atoms with Gasteiger partial charge in [0.15, 0.2) is 0 Å². The van der Waals surface area contributed by atoms with Crippen molar-refractivity contribution in [3.05, 3.63) is 0 Å². The molecule has 0 radical (unpaired) electrons. The summed E-state index contributed by atoms with van der Waals surface area (Å²) in [6.45, 7) is 6.11. The number of nitrogens with one attached hydrogen (secondary N) is 2. The molecular weight excluding hydrogens is 368 g/mol. The van der Waals surface area contributed by atoms with Crippen molar-refractivity contribution in [3.8, 4) is 0 Å². The van der Waals surface area contributed by atoms with Crippen molar-refractivity contribution in [2.45, 2.75) is 65.6 Å². The van der Waals surface area contributed by atoms with E-state index >= 15 is 0 Å². The molecule has 0 bridgehead atoms. The molecule has 2 amide bonds. The smallest absolute Gasteiger partial charge is 0.249 e. The Bertz CT molecular complexity index is 476. The predicted molar refractivity (Wildman–Crippen MR) is 103 cm³/mol. The predicted octanol–water partition coefficient (Wildman–Crippen LogP) is -0.893. The van der Waals surface area contributed by atoms with E-state index in [4.69, 9.17) is 10.2 Å². The van der Waals surface area contributed by atoms with Crippen LogP contribution in [0.4, 0.5) is 0 Å². The zero-order chi connectivity index (χ0) is 22.0. The van der Waals surface area contributed by atoms with Crippen LogP contribution in [-0.4, -0.2) is 76.5 Å². The first-order chi connectivity index (χ1) is 12.9. The van der Waals surface area contributed by atoms with E-state index in [1.54, 1.807) is 27.7 Å². The fraction of sp³-hybridized carbons (Fsp3) is 0.842. The first kappa shape index (κ1) is 26.4. The highest BCUT2D eigenvalue weighted by atomic mass is 16.3. The Hall–Kier alpha value is -1.55. The molecule has 0 aromatic rings. The zero-order valence-electron chi connectivity index (χ0n) is 17.3. The van der Waals surface area contributed by atoms with Gasteiger partial charge in [0.1, 0.15) is 18.0 Å². The second-order valence-electron chi connectivity index (χ2n) is 8.43. The first-order valence-electron chi connectivity index (χ1n) is 9.54. The number of carbonyl (C=O) groups is 3. The summed E-state index contributed by atoms with van der Waals surface area (Å²) in [5.74, 6) is -1.19. The number of Topliss-reactive ketones (excluding diaryl/α,β-unsaturated/α-hetero) is 1. The normalized spacial score (nSPS) is 14.3. The second-order valence-corrected chi connectivity index (χ2v) is 8.43.